The third kappa shape index (κ3) is 4.75. The lowest BCUT2D eigenvalue weighted by atomic mass is 10.2. The van der Waals surface area contributed by atoms with E-state index in [2.05, 4.69) is 18.5 Å². The second kappa shape index (κ2) is 7.58. The highest BCUT2D eigenvalue weighted by Crippen LogP contribution is 2.19. The summed E-state index contributed by atoms with van der Waals surface area (Å²) in [6.45, 7) is 8.35. The molecule has 1 rings (SSSR count). The maximum atomic E-state index is 11.8. The predicted molar refractivity (Wildman–Crippen MR) is 70.9 cm³/mol. The number of hydrogen-bond donors (Lipinski definition) is 2. The zero-order valence-electron chi connectivity index (χ0n) is 10.9. The summed E-state index contributed by atoms with van der Waals surface area (Å²) in [6.07, 6.45) is 3.41. The molecule has 6 heteroatoms. The number of nitrogens with one attached hydrogen (secondary N) is 1. The van der Waals surface area contributed by atoms with Gasteiger partial charge in [0.05, 0.1) is 6.10 Å². The van der Waals surface area contributed by atoms with E-state index in [4.69, 9.17) is 9.84 Å². The van der Waals surface area contributed by atoms with Gasteiger partial charge in [0, 0.05) is 19.6 Å². The van der Waals surface area contributed by atoms with Crippen molar-refractivity contribution < 1.29 is 19.4 Å². The van der Waals surface area contributed by atoms with Gasteiger partial charge in [-0.05, 0) is 12.8 Å². The zero-order valence-corrected chi connectivity index (χ0v) is 10.9. The molecule has 2 N–H and O–H groups in total. The normalized spacial score (nSPS) is 21.7. The number of urea groups is 1. The minimum atomic E-state index is -0.950. The topological polar surface area (TPSA) is 78.9 Å². The van der Waals surface area contributed by atoms with Crippen molar-refractivity contribution in [2.24, 2.45) is 0 Å². The van der Waals surface area contributed by atoms with Gasteiger partial charge in [0.2, 0.25) is 0 Å². The van der Waals surface area contributed by atoms with Gasteiger partial charge in [-0.2, -0.15) is 0 Å². The van der Waals surface area contributed by atoms with Crippen molar-refractivity contribution in [1.82, 2.24) is 10.2 Å². The van der Waals surface area contributed by atoms with Crippen LogP contribution in [-0.2, 0) is 9.53 Å². The first-order valence-electron chi connectivity index (χ1n) is 6.21. The van der Waals surface area contributed by atoms with Crippen LogP contribution < -0.4 is 5.32 Å². The largest absolute Gasteiger partial charge is 0.479 e. The molecule has 1 fully saturated rings. The van der Waals surface area contributed by atoms with Gasteiger partial charge < -0.3 is 20.1 Å². The van der Waals surface area contributed by atoms with Crippen LogP contribution in [0.2, 0.25) is 0 Å². The van der Waals surface area contributed by atoms with Gasteiger partial charge in [-0.1, -0.05) is 12.2 Å². The second-order valence-electron chi connectivity index (χ2n) is 4.33. The lowest BCUT2D eigenvalue weighted by Gasteiger charge is -2.21. The van der Waals surface area contributed by atoms with E-state index in [1.54, 1.807) is 17.1 Å². The summed E-state index contributed by atoms with van der Waals surface area (Å²) in [5.41, 5.74) is 0. The monoisotopic (exact) mass is 268 g/mol. The first kappa shape index (κ1) is 15.2. The van der Waals surface area contributed by atoms with E-state index >= 15 is 0 Å². The van der Waals surface area contributed by atoms with Gasteiger partial charge in [-0.15, -0.1) is 13.2 Å². The minimum absolute atomic E-state index is 0.234. The molecule has 19 heavy (non-hydrogen) atoms. The molecular weight excluding hydrogens is 248 g/mol. The van der Waals surface area contributed by atoms with Crippen molar-refractivity contribution in [3.05, 3.63) is 25.3 Å². The van der Waals surface area contributed by atoms with Crippen molar-refractivity contribution in [2.75, 3.05) is 19.6 Å². The van der Waals surface area contributed by atoms with Crippen molar-refractivity contribution >= 4 is 12.0 Å². The van der Waals surface area contributed by atoms with Crippen LogP contribution in [0, 0.1) is 0 Å². The number of carbonyl (C=O) groups excluding carboxylic acids is 1. The van der Waals surface area contributed by atoms with Gasteiger partial charge in [-0.3, -0.25) is 0 Å². The maximum Gasteiger partial charge on any atom is 0.332 e. The van der Waals surface area contributed by atoms with E-state index in [0.717, 1.165) is 0 Å². The molecule has 6 nitrogen and oxygen atoms in total. The van der Waals surface area contributed by atoms with E-state index < -0.39 is 12.1 Å². The fraction of sp³-hybridized carbons (Fsp3) is 0.538. The Bertz CT molecular complexity index is 347. The van der Waals surface area contributed by atoms with Crippen LogP contribution in [0.15, 0.2) is 25.3 Å². The van der Waals surface area contributed by atoms with Crippen LogP contribution in [-0.4, -0.2) is 53.8 Å². The number of nitrogens with zero attached hydrogens (tertiary/aromatic N) is 1. The highest BCUT2D eigenvalue weighted by atomic mass is 16.5. The third-order valence-electron chi connectivity index (χ3n) is 2.85. The van der Waals surface area contributed by atoms with Gasteiger partial charge in [0.15, 0.2) is 6.10 Å². The summed E-state index contributed by atoms with van der Waals surface area (Å²) in [7, 11) is 0. The molecule has 2 unspecified atom stereocenters. The Hall–Kier alpha value is -1.82. The maximum absolute atomic E-state index is 11.8. The quantitative estimate of drug-likeness (QED) is 0.675. The van der Waals surface area contributed by atoms with Gasteiger partial charge in [-0.25, -0.2) is 9.59 Å². The molecule has 0 radical (unpaired) electrons. The zero-order chi connectivity index (χ0) is 14.3. The Morgan fingerprint density at radius 3 is 2.42 bits per heavy atom. The molecule has 1 aliphatic heterocycles. The Balaban J connectivity index is 2.35. The van der Waals surface area contributed by atoms with Crippen LogP contribution in [0.3, 0.4) is 0 Å². The summed E-state index contributed by atoms with van der Waals surface area (Å²) >= 11 is 0. The Kier molecular flexibility index (Phi) is 6.08. The van der Waals surface area contributed by atoms with Gasteiger partial charge >= 0.3 is 12.0 Å². The Morgan fingerprint density at radius 2 is 1.95 bits per heavy atom. The molecule has 2 atom stereocenters. The average Bonchev–Trinajstić information content (AvgIpc) is 2.84. The fourth-order valence-corrected chi connectivity index (χ4v) is 1.90. The number of carboxylic acids is 1. The van der Waals surface area contributed by atoms with Crippen molar-refractivity contribution in [2.45, 2.75) is 25.0 Å². The number of aliphatic carboxylic acids is 1. The molecule has 0 spiro atoms. The lowest BCUT2D eigenvalue weighted by Crippen LogP contribution is -2.43. The van der Waals surface area contributed by atoms with Crippen LogP contribution in [0.5, 0.6) is 0 Å². The van der Waals surface area contributed by atoms with Crippen LogP contribution in [0.1, 0.15) is 12.8 Å². The molecule has 1 aliphatic rings. The standard InChI is InChI=1S/C13H20N2O4/c1-3-7-15(8-4-2)13(18)14-9-10-5-6-11(19-10)12(16)17/h3-4,10-11H,1-2,5-9H2,(H,14,18)(H,16,17). The Morgan fingerprint density at radius 1 is 1.32 bits per heavy atom. The van der Waals surface area contributed by atoms with Crippen LogP contribution >= 0.6 is 0 Å². The summed E-state index contributed by atoms with van der Waals surface area (Å²) in [4.78, 5) is 24.1. The summed E-state index contributed by atoms with van der Waals surface area (Å²) in [5.74, 6) is -0.950. The SMILES string of the molecule is C=CCN(CC=C)C(=O)NCC1CCC(C(=O)O)O1. The number of carboxylic acid groups (broad SMARTS) is 1. The molecule has 0 saturated carbocycles. The number of carbonyl (C=O) groups is 2. The molecule has 1 heterocycles. The molecule has 0 aromatic rings. The van der Waals surface area contributed by atoms with Crippen molar-refractivity contribution in [3.63, 3.8) is 0 Å². The molecule has 0 aliphatic carbocycles. The molecule has 0 aromatic heterocycles. The van der Waals surface area contributed by atoms with E-state index in [0.29, 0.717) is 32.5 Å². The molecule has 2 amide bonds. The third-order valence-corrected chi connectivity index (χ3v) is 2.85. The van der Waals surface area contributed by atoms with E-state index in [9.17, 15) is 9.59 Å². The fourth-order valence-electron chi connectivity index (χ4n) is 1.90. The minimum Gasteiger partial charge on any atom is -0.479 e. The van der Waals surface area contributed by atoms with Crippen LogP contribution in [0.25, 0.3) is 0 Å². The predicted octanol–water partition coefficient (Wildman–Crippen LogP) is 1.00. The number of rotatable bonds is 7. The van der Waals surface area contributed by atoms with Crippen molar-refractivity contribution in [1.29, 1.82) is 0 Å². The van der Waals surface area contributed by atoms with Gasteiger partial charge in [0.1, 0.15) is 0 Å². The second-order valence-corrected chi connectivity index (χ2v) is 4.33. The van der Waals surface area contributed by atoms with Crippen molar-refractivity contribution in [3.8, 4) is 0 Å². The summed E-state index contributed by atoms with van der Waals surface area (Å²) in [5, 5.41) is 11.5. The molecule has 0 bridgehead atoms. The molecule has 1 saturated heterocycles. The highest BCUT2D eigenvalue weighted by Gasteiger charge is 2.30. The summed E-state index contributed by atoms with van der Waals surface area (Å²) < 4.78 is 5.30. The first-order chi connectivity index (χ1) is 9.08. The first-order valence-corrected chi connectivity index (χ1v) is 6.21. The van der Waals surface area contributed by atoms with Crippen LogP contribution in [0.4, 0.5) is 4.79 Å². The van der Waals surface area contributed by atoms with E-state index in [-0.39, 0.29) is 12.1 Å². The number of amides is 2. The highest BCUT2D eigenvalue weighted by molar-refractivity contribution is 5.74. The van der Waals surface area contributed by atoms with Gasteiger partial charge in [0.25, 0.3) is 0 Å². The Labute approximate surface area is 112 Å². The molecule has 106 valence electrons. The number of hydrogen-bond acceptors (Lipinski definition) is 3. The average molecular weight is 268 g/mol. The lowest BCUT2D eigenvalue weighted by molar-refractivity contribution is -0.149. The smallest absolute Gasteiger partial charge is 0.332 e. The molecular formula is C13H20N2O4. The van der Waals surface area contributed by atoms with E-state index in [1.165, 1.54) is 0 Å². The number of ether oxygens (including phenoxy) is 1. The molecule has 0 aromatic carbocycles. The van der Waals surface area contributed by atoms with E-state index in [1.807, 2.05) is 0 Å². The summed E-state index contributed by atoms with van der Waals surface area (Å²) in [6, 6.07) is -0.234.